The average Bonchev–Trinajstić information content (AvgIpc) is 3.05. The standard InChI is InChI=1S/C27H40N4O/c1-8-10-12-14-31(15-13-11-9-2)27-28-25-24(26(32)30(27)7)22(18-29(25)6)23-20(4)16-19(3)17-21(23)5/h16-18H,8-15H2,1-7H3. The summed E-state index contributed by atoms with van der Waals surface area (Å²) in [6.07, 6.45) is 9.08. The van der Waals surface area contributed by atoms with Crippen LogP contribution in [0.25, 0.3) is 22.2 Å². The minimum absolute atomic E-state index is 0.0379. The van der Waals surface area contributed by atoms with E-state index >= 15 is 0 Å². The topological polar surface area (TPSA) is 43.1 Å². The monoisotopic (exact) mass is 436 g/mol. The summed E-state index contributed by atoms with van der Waals surface area (Å²) in [7, 11) is 3.88. The zero-order chi connectivity index (χ0) is 23.4. The van der Waals surface area contributed by atoms with Crippen LogP contribution in [-0.2, 0) is 14.1 Å². The summed E-state index contributed by atoms with van der Waals surface area (Å²) >= 11 is 0. The Labute approximate surface area is 193 Å². The number of hydrogen-bond acceptors (Lipinski definition) is 3. The number of anilines is 1. The zero-order valence-electron chi connectivity index (χ0n) is 21.1. The predicted molar refractivity (Wildman–Crippen MR) is 137 cm³/mol. The van der Waals surface area contributed by atoms with Crippen LogP contribution in [0.4, 0.5) is 5.95 Å². The van der Waals surface area contributed by atoms with E-state index in [-0.39, 0.29) is 5.56 Å². The summed E-state index contributed by atoms with van der Waals surface area (Å²) in [5, 5.41) is 0.718. The maximum absolute atomic E-state index is 13.7. The lowest BCUT2D eigenvalue weighted by Crippen LogP contribution is -2.33. The van der Waals surface area contributed by atoms with Crippen molar-refractivity contribution in [3.05, 3.63) is 45.4 Å². The molecule has 1 aromatic carbocycles. The summed E-state index contributed by atoms with van der Waals surface area (Å²) in [5.74, 6) is 0.791. The van der Waals surface area contributed by atoms with E-state index in [0.717, 1.165) is 54.0 Å². The number of unbranched alkanes of at least 4 members (excludes halogenated alkanes) is 4. The van der Waals surface area contributed by atoms with Crippen molar-refractivity contribution >= 4 is 17.0 Å². The van der Waals surface area contributed by atoms with Gasteiger partial charge < -0.3 is 9.47 Å². The molecular formula is C27H40N4O. The van der Waals surface area contributed by atoms with Gasteiger partial charge in [0.1, 0.15) is 5.65 Å². The van der Waals surface area contributed by atoms with Crippen LogP contribution in [-0.4, -0.2) is 27.2 Å². The minimum Gasteiger partial charge on any atom is -0.342 e. The Morgan fingerprint density at radius 3 is 2.00 bits per heavy atom. The molecule has 0 aliphatic carbocycles. The highest BCUT2D eigenvalue weighted by Crippen LogP contribution is 2.33. The fourth-order valence-electron chi connectivity index (χ4n) is 4.88. The Kier molecular flexibility index (Phi) is 7.81. The van der Waals surface area contributed by atoms with E-state index in [0.29, 0.717) is 0 Å². The molecule has 5 heteroatoms. The van der Waals surface area contributed by atoms with Gasteiger partial charge in [0.15, 0.2) is 0 Å². The number of aromatic nitrogens is 3. The summed E-state index contributed by atoms with van der Waals surface area (Å²) < 4.78 is 3.78. The van der Waals surface area contributed by atoms with Gasteiger partial charge in [-0.1, -0.05) is 57.2 Å². The number of aryl methyl sites for hydroxylation is 4. The van der Waals surface area contributed by atoms with Crippen molar-refractivity contribution in [3.8, 4) is 11.1 Å². The van der Waals surface area contributed by atoms with Gasteiger partial charge in [-0.3, -0.25) is 9.36 Å². The van der Waals surface area contributed by atoms with E-state index in [1.54, 1.807) is 4.57 Å². The van der Waals surface area contributed by atoms with Crippen molar-refractivity contribution in [2.75, 3.05) is 18.0 Å². The molecule has 0 aliphatic heterocycles. The van der Waals surface area contributed by atoms with Crippen molar-refractivity contribution in [1.82, 2.24) is 14.1 Å². The summed E-state index contributed by atoms with van der Waals surface area (Å²) in [4.78, 5) is 21.1. The summed E-state index contributed by atoms with van der Waals surface area (Å²) in [6, 6.07) is 4.38. The van der Waals surface area contributed by atoms with Gasteiger partial charge in [-0.05, 0) is 50.3 Å². The molecule has 0 aliphatic rings. The van der Waals surface area contributed by atoms with Crippen molar-refractivity contribution in [1.29, 1.82) is 0 Å². The highest BCUT2D eigenvalue weighted by Gasteiger charge is 2.21. The Bertz CT molecular complexity index is 1110. The second-order valence-electron chi connectivity index (χ2n) is 9.30. The molecule has 0 spiro atoms. The minimum atomic E-state index is 0.0379. The molecule has 0 amide bonds. The highest BCUT2D eigenvalue weighted by atomic mass is 16.1. The molecule has 3 rings (SSSR count). The van der Waals surface area contributed by atoms with Crippen LogP contribution >= 0.6 is 0 Å². The molecule has 0 fully saturated rings. The molecule has 0 N–H and O–H groups in total. The molecule has 0 saturated heterocycles. The maximum Gasteiger partial charge on any atom is 0.264 e. The smallest absolute Gasteiger partial charge is 0.264 e. The van der Waals surface area contributed by atoms with Gasteiger partial charge in [-0.15, -0.1) is 0 Å². The molecular weight excluding hydrogens is 396 g/mol. The van der Waals surface area contributed by atoms with Crippen molar-refractivity contribution in [2.24, 2.45) is 14.1 Å². The lowest BCUT2D eigenvalue weighted by atomic mass is 9.94. The zero-order valence-corrected chi connectivity index (χ0v) is 21.1. The summed E-state index contributed by atoms with van der Waals surface area (Å²) in [6.45, 7) is 12.7. The van der Waals surface area contributed by atoms with Gasteiger partial charge in [-0.25, -0.2) is 0 Å². The van der Waals surface area contributed by atoms with Crippen LogP contribution in [0.1, 0.15) is 69.1 Å². The Morgan fingerprint density at radius 2 is 1.47 bits per heavy atom. The Balaban J connectivity index is 2.15. The third-order valence-corrected chi connectivity index (χ3v) is 6.47. The van der Waals surface area contributed by atoms with Gasteiger partial charge >= 0.3 is 0 Å². The van der Waals surface area contributed by atoms with Gasteiger partial charge in [0.25, 0.3) is 5.56 Å². The maximum atomic E-state index is 13.7. The molecule has 0 saturated carbocycles. The number of nitrogens with zero attached hydrogens (tertiary/aromatic N) is 4. The molecule has 174 valence electrons. The van der Waals surface area contributed by atoms with E-state index in [9.17, 15) is 4.79 Å². The quantitative estimate of drug-likeness (QED) is 0.363. The van der Waals surface area contributed by atoms with Gasteiger partial charge in [0.2, 0.25) is 5.95 Å². The fourth-order valence-corrected chi connectivity index (χ4v) is 4.88. The van der Waals surface area contributed by atoms with Gasteiger partial charge in [0, 0.05) is 38.9 Å². The van der Waals surface area contributed by atoms with Crippen molar-refractivity contribution in [2.45, 2.75) is 73.1 Å². The normalized spacial score (nSPS) is 11.5. The highest BCUT2D eigenvalue weighted by molar-refractivity contribution is 5.95. The van der Waals surface area contributed by atoms with Crippen LogP contribution in [0.5, 0.6) is 0 Å². The number of benzene rings is 1. The predicted octanol–water partition coefficient (Wildman–Crippen LogP) is 6.05. The van der Waals surface area contributed by atoms with Crippen LogP contribution in [0, 0.1) is 20.8 Å². The molecule has 32 heavy (non-hydrogen) atoms. The first-order valence-electron chi connectivity index (χ1n) is 12.2. The molecule has 0 bridgehead atoms. The lowest BCUT2D eigenvalue weighted by Gasteiger charge is -2.25. The molecule has 2 heterocycles. The second-order valence-corrected chi connectivity index (χ2v) is 9.30. The SMILES string of the molecule is CCCCCN(CCCCC)c1nc2c(c(-c3c(C)cc(C)cc3C)cn2C)c(=O)n1C. The van der Waals surface area contributed by atoms with Crippen molar-refractivity contribution < 1.29 is 0 Å². The van der Waals surface area contributed by atoms with Crippen LogP contribution < -0.4 is 10.5 Å². The van der Waals surface area contributed by atoms with Crippen molar-refractivity contribution in [3.63, 3.8) is 0 Å². The molecule has 0 atom stereocenters. The first kappa shape index (κ1) is 24.1. The fraction of sp³-hybridized carbons (Fsp3) is 0.556. The number of hydrogen-bond donors (Lipinski definition) is 0. The molecule has 0 radical (unpaired) electrons. The van der Waals surface area contributed by atoms with E-state index < -0.39 is 0 Å². The average molecular weight is 437 g/mol. The van der Waals surface area contributed by atoms with E-state index in [4.69, 9.17) is 4.98 Å². The van der Waals surface area contributed by atoms with E-state index in [1.165, 1.54) is 42.4 Å². The van der Waals surface area contributed by atoms with Crippen LogP contribution in [0.3, 0.4) is 0 Å². The van der Waals surface area contributed by atoms with E-state index in [2.05, 4.69) is 57.8 Å². The molecule has 2 aromatic heterocycles. The molecule has 0 unspecified atom stereocenters. The second kappa shape index (κ2) is 10.4. The van der Waals surface area contributed by atoms with Crippen LogP contribution in [0.2, 0.25) is 0 Å². The summed E-state index contributed by atoms with van der Waals surface area (Å²) in [5.41, 5.74) is 6.58. The molecule has 5 nitrogen and oxygen atoms in total. The van der Waals surface area contributed by atoms with Gasteiger partial charge in [0.05, 0.1) is 5.39 Å². The third kappa shape index (κ3) is 4.77. The Morgan fingerprint density at radius 1 is 0.906 bits per heavy atom. The van der Waals surface area contributed by atoms with E-state index in [1.807, 2.05) is 18.7 Å². The third-order valence-electron chi connectivity index (χ3n) is 6.47. The van der Waals surface area contributed by atoms with Crippen LogP contribution in [0.15, 0.2) is 23.1 Å². The largest absolute Gasteiger partial charge is 0.342 e. The number of rotatable bonds is 10. The number of fused-ring (bicyclic) bond motifs is 1. The molecule has 3 aromatic rings. The lowest BCUT2D eigenvalue weighted by molar-refractivity contribution is 0.612. The Hall–Kier alpha value is -2.56. The first-order chi connectivity index (χ1) is 15.3. The first-order valence-corrected chi connectivity index (χ1v) is 12.2. The van der Waals surface area contributed by atoms with Gasteiger partial charge in [-0.2, -0.15) is 4.98 Å².